The van der Waals surface area contributed by atoms with E-state index in [1.807, 2.05) is 32.0 Å². The van der Waals surface area contributed by atoms with Crippen LogP contribution in [0.2, 0.25) is 0 Å². The third kappa shape index (κ3) is 8.41. The molecule has 6 heteroatoms. The monoisotopic (exact) mass is 347 g/mol. The fourth-order valence-electron chi connectivity index (χ4n) is 2.16. The molecule has 0 aliphatic rings. The maximum absolute atomic E-state index is 11.7. The number of benzene rings is 1. The molecule has 0 spiro atoms. The first-order chi connectivity index (χ1) is 12.1. The zero-order valence-electron chi connectivity index (χ0n) is 15.4. The molecule has 1 aromatic rings. The van der Waals surface area contributed by atoms with Gasteiger partial charge >= 0.3 is 0 Å². The van der Waals surface area contributed by atoms with Crippen LogP contribution in [-0.4, -0.2) is 32.2 Å². The summed E-state index contributed by atoms with van der Waals surface area (Å²) in [6.07, 6.45) is 2.55. The van der Waals surface area contributed by atoms with E-state index in [-0.39, 0.29) is 11.9 Å². The van der Waals surface area contributed by atoms with Crippen LogP contribution in [0.5, 0.6) is 11.5 Å². The standard InChI is InChI=1S/C19H29N3O3/c1-4-15(2)22-19(23)9-11-21-14-16-7-8-17(24-3)18(13-16)25-12-6-5-10-20/h7-8,13,15,21H,4-6,9,11-12,14H2,1-3H3,(H,22,23)/t15-/m1/s1. The summed E-state index contributed by atoms with van der Waals surface area (Å²) < 4.78 is 11.0. The van der Waals surface area contributed by atoms with Crippen molar-refractivity contribution in [2.75, 3.05) is 20.3 Å². The van der Waals surface area contributed by atoms with E-state index in [1.165, 1.54) is 0 Å². The Kier molecular flexibility index (Phi) is 10.1. The van der Waals surface area contributed by atoms with Crippen molar-refractivity contribution in [3.8, 4) is 17.6 Å². The number of nitriles is 1. The van der Waals surface area contributed by atoms with Gasteiger partial charge in [-0.1, -0.05) is 13.0 Å². The van der Waals surface area contributed by atoms with E-state index in [4.69, 9.17) is 14.7 Å². The summed E-state index contributed by atoms with van der Waals surface area (Å²) >= 11 is 0. The molecule has 0 saturated heterocycles. The van der Waals surface area contributed by atoms with E-state index < -0.39 is 0 Å². The molecule has 138 valence electrons. The van der Waals surface area contributed by atoms with Crippen molar-refractivity contribution >= 4 is 5.91 Å². The first-order valence-corrected chi connectivity index (χ1v) is 8.77. The van der Waals surface area contributed by atoms with E-state index in [0.717, 1.165) is 12.0 Å². The first-order valence-electron chi connectivity index (χ1n) is 8.77. The summed E-state index contributed by atoms with van der Waals surface area (Å²) in [5.41, 5.74) is 1.05. The number of methoxy groups -OCH3 is 1. The maximum atomic E-state index is 11.7. The third-order valence-electron chi connectivity index (χ3n) is 3.80. The topological polar surface area (TPSA) is 83.4 Å². The zero-order valence-corrected chi connectivity index (χ0v) is 15.4. The molecule has 0 saturated carbocycles. The highest BCUT2D eigenvalue weighted by Gasteiger charge is 2.07. The molecule has 25 heavy (non-hydrogen) atoms. The molecule has 1 rings (SSSR count). The third-order valence-corrected chi connectivity index (χ3v) is 3.80. The highest BCUT2D eigenvalue weighted by atomic mass is 16.5. The van der Waals surface area contributed by atoms with Gasteiger partial charge in [0.1, 0.15) is 0 Å². The largest absolute Gasteiger partial charge is 0.493 e. The molecule has 0 aliphatic heterocycles. The van der Waals surface area contributed by atoms with Crippen molar-refractivity contribution in [2.45, 2.75) is 52.1 Å². The Balaban J connectivity index is 2.42. The molecule has 2 N–H and O–H groups in total. The van der Waals surface area contributed by atoms with Crippen LogP contribution in [0, 0.1) is 11.3 Å². The number of carbonyl (C=O) groups is 1. The van der Waals surface area contributed by atoms with Gasteiger partial charge in [-0.05, 0) is 37.5 Å². The van der Waals surface area contributed by atoms with Crippen LogP contribution >= 0.6 is 0 Å². The minimum Gasteiger partial charge on any atom is -0.493 e. The lowest BCUT2D eigenvalue weighted by Crippen LogP contribution is -2.33. The van der Waals surface area contributed by atoms with Gasteiger partial charge in [-0.3, -0.25) is 4.79 Å². The van der Waals surface area contributed by atoms with Crippen molar-refractivity contribution in [2.24, 2.45) is 0 Å². The number of nitrogens with one attached hydrogen (secondary N) is 2. The summed E-state index contributed by atoms with van der Waals surface area (Å²) in [5.74, 6) is 1.42. The van der Waals surface area contributed by atoms with Crippen molar-refractivity contribution in [3.05, 3.63) is 23.8 Å². The molecule has 0 heterocycles. The van der Waals surface area contributed by atoms with E-state index in [1.54, 1.807) is 7.11 Å². The second kappa shape index (κ2) is 12.2. The summed E-state index contributed by atoms with van der Waals surface area (Å²) in [6.45, 7) is 5.80. The number of rotatable bonds is 12. The molecule has 6 nitrogen and oxygen atoms in total. The van der Waals surface area contributed by atoms with Crippen LogP contribution in [-0.2, 0) is 11.3 Å². The Morgan fingerprint density at radius 2 is 2.16 bits per heavy atom. The zero-order chi connectivity index (χ0) is 18.5. The minimum absolute atomic E-state index is 0.0677. The Labute approximate surface area is 150 Å². The van der Waals surface area contributed by atoms with Gasteiger partial charge in [0.2, 0.25) is 5.91 Å². The van der Waals surface area contributed by atoms with Crippen LogP contribution in [0.25, 0.3) is 0 Å². The number of hydrogen-bond acceptors (Lipinski definition) is 5. The van der Waals surface area contributed by atoms with Gasteiger partial charge in [0.25, 0.3) is 0 Å². The van der Waals surface area contributed by atoms with Gasteiger partial charge < -0.3 is 20.1 Å². The summed E-state index contributed by atoms with van der Waals surface area (Å²) in [5, 5.41) is 14.8. The first kappa shape index (κ1) is 20.8. The fraction of sp³-hybridized carbons (Fsp3) is 0.579. The number of ether oxygens (including phenoxy) is 2. The molecule has 0 unspecified atom stereocenters. The number of carbonyl (C=O) groups excluding carboxylic acids is 1. The van der Waals surface area contributed by atoms with Crippen molar-refractivity contribution in [1.82, 2.24) is 10.6 Å². The minimum atomic E-state index is 0.0677. The average molecular weight is 347 g/mol. The van der Waals surface area contributed by atoms with E-state index in [9.17, 15) is 4.79 Å². The molecule has 1 amide bonds. The molecule has 1 atom stereocenters. The van der Waals surface area contributed by atoms with Crippen molar-refractivity contribution < 1.29 is 14.3 Å². The second-order valence-corrected chi connectivity index (χ2v) is 5.90. The number of unbranched alkanes of at least 4 members (excludes halogenated alkanes) is 1. The van der Waals surface area contributed by atoms with Crippen molar-refractivity contribution in [3.63, 3.8) is 0 Å². The summed E-state index contributed by atoms with van der Waals surface area (Å²) in [7, 11) is 1.60. The lowest BCUT2D eigenvalue weighted by Gasteiger charge is -2.13. The highest BCUT2D eigenvalue weighted by molar-refractivity contribution is 5.76. The van der Waals surface area contributed by atoms with Gasteiger partial charge in [-0.15, -0.1) is 0 Å². The predicted molar refractivity (Wildman–Crippen MR) is 97.6 cm³/mol. The molecular formula is C19H29N3O3. The van der Waals surface area contributed by atoms with E-state index in [0.29, 0.717) is 50.5 Å². The summed E-state index contributed by atoms with van der Waals surface area (Å²) in [4.78, 5) is 11.7. The fourth-order valence-corrected chi connectivity index (χ4v) is 2.16. The molecule has 1 aromatic carbocycles. The maximum Gasteiger partial charge on any atom is 0.221 e. The van der Waals surface area contributed by atoms with Crippen molar-refractivity contribution in [1.29, 1.82) is 5.26 Å². The molecular weight excluding hydrogens is 318 g/mol. The highest BCUT2D eigenvalue weighted by Crippen LogP contribution is 2.28. The van der Waals surface area contributed by atoms with Gasteiger partial charge in [-0.2, -0.15) is 5.26 Å². The van der Waals surface area contributed by atoms with E-state index in [2.05, 4.69) is 16.7 Å². The second-order valence-electron chi connectivity index (χ2n) is 5.90. The average Bonchev–Trinajstić information content (AvgIpc) is 2.62. The van der Waals surface area contributed by atoms with E-state index >= 15 is 0 Å². The Morgan fingerprint density at radius 1 is 1.36 bits per heavy atom. The van der Waals surface area contributed by atoms with Crippen LogP contribution in [0.4, 0.5) is 0 Å². The van der Waals surface area contributed by atoms with Crippen LogP contribution in [0.3, 0.4) is 0 Å². The van der Waals surface area contributed by atoms with Crippen LogP contribution in [0.15, 0.2) is 18.2 Å². The van der Waals surface area contributed by atoms with Crippen LogP contribution < -0.4 is 20.1 Å². The quantitative estimate of drug-likeness (QED) is 0.568. The number of hydrogen-bond donors (Lipinski definition) is 2. The Hall–Kier alpha value is -2.26. The smallest absolute Gasteiger partial charge is 0.221 e. The Bertz CT molecular complexity index is 570. The lowest BCUT2D eigenvalue weighted by molar-refractivity contribution is -0.121. The molecule has 0 aliphatic carbocycles. The molecule has 0 bridgehead atoms. The summed E-state index contributed by atoms with van der Waals surface area (Å²) in [6, 6.07) is 8.08. The van der Waals surface area contributed by atoms with Gasteiger partial charge in [0.05, 0.1) is 19.8 Å². The molecule has 0 radical (unpaired) electrons. The molecule has 0 aromatic heterocycles. The predicted octanol–water partition coefficient (Wildman–Crippen LogP) is 2.77. The number of nitrogens with zero attached hydrogens (tertiary/aromatic N) is 1. The van der Waals surface area contributed by atoms with Gasteiger partial charge in [0.15, 0.2) is 11.5 Å². The molecule has 0 fully saturated rings. The van der Waals surface area contributed by atoms with Gasteiger partial charge in [-0.25, -0.2) is 0 Å². The lowest BCUT2D eigenvalue weighted by atomic mass is 10.2. The normalized spacial score (nSPS) is 11.4. The SMILES string of the molecule is CC[C@@H](C)NC(=O)CCNCc1ccc(OC)c(OCCCC#N)c1. The van der Waals surface area contributed by atoms with Crippen LogP contribution in [0.1, 0.15) is 45.1 Å². The number of amides is 1. The van der Waals surface area contributed by atoms with Gasteiger partial charge in [0, 0.05) is 32.0 Å². The Morgan fingerprint density at radius 3 is 2.84 bits per heavy atom.